The molecule has 0 radical (unpaired) electrons. The summed E-state index contributed by atoms with van der Waals surface area (Å²) in [5, 5.41) is 21.1. The average Bonchev–Trinajstić information content (AvgIpc) is 2.90. The van der Waals surface area contributed by atoms with E-state index in [1.54, 1.807) is 42.5 Å². The van der Waals surface area contributed by atoms with Gasteiger partial charge in [0, 0.05) is 17.5 Å². The van der Waals surface area contributed by atoms with E-state index in [0.717, 1.165) is 0 Å². The van der Waals surface area contributed by atoms with E-state index >= 15 is 0 Å². The molecule has 0 saturated heterocycles. The maximum absolute atomic E-state index is 13.1. The monoisotopic (exact) mass is 503 g/mol. The number of phenols is 2. The third kappa shape index (κ3) is 4.18. The molecule has 0 saturated carbocycles. The molecule has 5 rings (SSSR count). The van der Waals surface area contributed by atoms with E-state index in [4.69, 9.17) is 24.4 Å². The fourth-order valence-electron chi connectivity index (χ4n) is 4.41. The van der Waals surface area contributed by atoms with Gasteiger partial charge in [0.2, 0.25) is 5.75 Å². The molecular weight excluding hydrogens is 482 g/mol. The first kappa shape index (κ1) is 23.7. The summed E-state index contributed by atoms with van der Waals surface area (Å²) in [5.41, 5.74) is 5.90. The number of carbonyl (C=O) groups excluding carboxylic acids is 2. The molecular formula is C27H21NO9. The highest BCUT2D eigenvalue weighted by Crippen LogP contribution is 2.52. The Bertz CT molecular complexity index is 1610. The Hall–Kier alpha value is -4.99. The van der Waals surface area contributed by atoms with Crippen LogP contribution in [0.25, 0.3) is 22.3 Å². The number of phenolic OH excluding ortho intramolecular Hbond substituents is 2. The predicted octanol–water partition coefficient (Wildman–Crippen LogP) is 3.18. The number of primary amides is 1. The number of hydrogen-bond donors (Lipinski definition) is 3. The third-order valence-corrected chi connectivity index (χ3v) is 6.07. The summed E-state index contributed by atoms with van der Waals surface area (Å²) in [7, 11) is 1.42. The molecule has 37 heavy (non-hydrogen) atoms. The zero-order valence-electron chi connectivity index (χ0n) is 19.5. The summed E-state index contributed by atoms with van der Waals surface area (Å²) in [6, 6.07) is 14.9. The second-order valence-electron chi connectivity index (χ2n) is 8.38. The van der Waals surface area contributed by atoms with Crippen LogP contribution in [0.1, 0.15) is 23.5 Å². The summed E-state index contributed by atoms with van der Waals surface area (Å²) < 4.78 is 22.2. The van der Waals surface area contributed by atoms with Crippen molar-refractivity contribution in [2.24, 2.45) is 5.73 Å². The predicted molar refractivity (Wildman–Crippen MR) is 131 cm³/mol. The number of nitrogens with two attached hydrogens (primary N) is 1. The van der Waals surface area contributed by atoms with Crippen molar-refractivity contribution < 1.29 is 38.4 Å². The van der Waals surface area contributed by atoms with Gasteiger partial charge in [-0.05, 0) is 17.7 Å². The highest BCUT2D eigenvalue weighted by atomic mass is 16.5. The molecule has 188 valence electrons. The van der Waals surface area contributed by atoms with E-state index in [9.17, 15) is 24.6 Å². The van der Waals surface area contributed by atoms with Crippen LogP contribution in [-0.4, -0.2) is 35.8 Å². The van der Waals surface area contributed by atoms with Gasteiger partial charge in [0.1, 0.15) is 16.7 Å². The van der Waals surface area contributed by atoms with Gasteiger partial charge in [-0.25, -0.2) is 0 Å². The molecule has 0 spiro atoms. The molecule has 1 aliphatic rings. The number of rotatable bonds is 6. The molecule has 10 nitrogen and oxygen atoms in total. The minimum Gasteiger partial charge on any atom is -0.504 e. The largest absolute Gasteiger partial charge is 0.504 e. The molecule has 0 bridgehead atoms. The average molecular weight is 503 g/mol. The molecule has 0 fully saturated rings. The fourth-order valence-corrected chi connectivity index (χ4v) is 4.41. The number of esters is 1. The first-order valence-electron chi connectivity index (χ1n) is 11.2. The maximum Gasteiger partial charge on any atom is 0.312 e. The summed E-state index contributed by atoms with van der Waals surface area (Å²) in [6.07, 6.45) is -0.173. The standard InChI is InChI=1S/C27H21NO9/c1-34-17-8-7-14(9-19(17)35-12-20(28)30)15-10-21(31)37-27-22(15)26-23(24(32)25(27)33)16(29)11-18(36-26)13-5-3-2-4-6-13/h2-9,11,15,32-33H,10,12H2,1H3,(H2,28,30)/t15-/m1/s1. The number of hydrogen-bond acceptors (Lipinski definition) is 9. The Morgan fingerprint density at radius 2 is 1.81 bits per heavy atom. The van der Waals surface area contributed by atoms with Gasteiger partial charge in [-0.15, -0.1) is 0 Å². The number of fused-ring (bicyclic) bond motifs is 3. The van der Waals surface area contributed by atoms with Gasteiger partial charge < -0.3 is 34.6 Å². The fraction of sp³-hybridized carbons (Fsp3) is 0.148. The molecule has 3 aromatic carbocycles. The number of carbonyl (C=O) groups is 2. The number of amides is 1. The van der Waals surface area contributed by atoms with Crippen LogP contribution >= 0.6 is 0 Å². The molecule has 10 heteroatoms. The Kier molecular flexibility index (Phi) is 5.92. The van der Waals surface area contributed by atoms with E-state index in [1.807, 2.05) is 6.07 Å². The van der Waals surface area contributed by atoms with Crippen molar-refractivity contribution in [3.05, 3.63) is 75.9 Å². The summed E-state index contributed by atoms with van der Waals surface area (Å²) in [4.78, 5) is 36.9. The van der Waals surface area contributed by atoms with Crippen molar-refractivity contribution >= 4 is 22.8 Å². The Morgan fingerprint density at radius 1 is 1.05 bits per heavy atom. The van der Waals surface area contributed by atoms with Crippen molar-refractivity contribution in [2.75, 3.05) is 13.7 Å². The molecule has 1 aliphatic heterocycles. The lowest BCUT2D eigenvalue weighted by atomic mass is 9.84. The number of aromatic hydroxyl groups is 2. The lowest BCUT2D eigenvalue weighted by Crippen LogP contribution is -2.22. The van der Waals surface area contributed by atoms with Crippen LogP contribution in [-0.2, 0) is 9.59 Å². The minimum atomic E-state index is -0.777. The van der Waals surface area contributed by atoms with Crippen LogP contribution in [0.3, 0.4) is 0 Å². The summed E-state index contributed by atoms with van der Waals surface area (Å²) in [6.45, 7) is -0.407. The van der Waals surface area contributed by atoms with E-state index in [2.05, 4.69) is 0 Å². The Labute approximate surface area is 209 Å². The first-order chi connectivity index (χ1) is 17.8. The lowest BCUT2D eigenvalue weighted by Gasteiger charge is -2.27. The molecule has 1 atom stereocenters. The molecule has 4 aromatic rings. The van der Waals surface area contributed by atoms with E-state index in [-0.39, 0.29) is 40.2 Å². The Morgan fingerprint density at radius 3 is 2.51 bits per heavy atom. The molecule has 1 aromatic heterocycles. The topological polar surface area (TPSA) is 159 Å². The van der Waals surface area contributed by atoms with Gasteiger partial charge in [-0.2, -0.15) is 0 Å². The lowest BCUT2D eigenvalue weighted by molar-refractivity contribution is -0.135. The molecule has 0 aliphatic carbocycles. The van der Waals surface area contributed by atoms with Crippen molar-refractivity contribution in [3.63, 3.8) is 0 Å². The third-order valence-electron chi connectivity index (χ3n) is 6.07. The van der Waals surface area contributed by atoms with E-state index in [0.29, 0.717) is 16.9 Å². The summed E-state index contributed by atoms with van der Waals surface area (Å²) >= 11 is 0. The van der Waals surface area contributed by atoms with Crippen LogP contribution in [0.4, 0.5) is 0 Å². The molecule has 1 amide bonds. The Balaban J connectivity index is 1.77. The van der Waals surface area contributed by atoms with Gasteiger partial charge in [-0.1, -0.05) is 36.4 Å². The SMILES string of the molecule is COc1ccc([C@H]2CC(=O)Oc3c(O)c(O)c4c(=O)cc(-c5ccccc5)oc4c32)cc1OCC(N)=O. The van der Waals surface area contributed by atoms with Gasteiger partial charge >= 0.3 is 5.97 Å². The molecule has 2 heterocycles. The van der Waals surface area contributed by atoms with Gasteiger partial charge in [0.15, 0.2) is 35.0 Å². The van der Waals surface area contributed by atoms with Crippen LogP contribution in [0, 0.1) is 0 Å². The second kappa shape index (κ2) is 9.23. The van der Waals surface area contributed by atoms with Gasteiger partial charge in [0.25, 0.3) is 5.91 Å². The quantitative estimate of drug-likeness (QED) is 0.204. The van der Waals surface area contributed by atoms with Crippen LogP contribution in [0.15, 0.2) is 63.8 Å². The van der Waals surface area contributed by atoms with Crippen molar-refractivity contribution in [1.29, 1.82) is 0 Å². The normalized spacial score (nSPS) is 14.6. The van der Waals surface area contributed by atoms with Crippen molar-refractivity contribution in [1.82, 2.24) is 0 Å². The van der Waals surface area contributed by atoms with Crippen molar-refractivity contribution in [3.8, 4) is 40.1 Å². The van der Waals surface area contributed by atoms with Gasteiger partial charge in [-0.3, -0.25) is 14.4 Å². The number of benzene rings is 3. The molecule has 4 N–H and O–H groups in total. The number of ether oxygens (including phenoxy) is 3. The zero-order valence-corrected chi connectivity index (χ0v) is 19.5. The first-order valence-corrected chi connectivity index (χ1v) is 11.2. The highest BCUT2D eigenvalue weighted by molar-refractivity contribution is 5.96. The van der Waals surface area contributed by atoms with Crippen LogP contribution < -0.4 is 25.4 Å². The van der Waals surface area contributed by atoms with E-state index in [1.165, 1.54) is 13.2 Å². The highest BCUT2D eigenvalue weighted by Gasteiger charge is 2.37. The van der Waals surface area contributed by atoms with Gasteiger partial charge in [0.05, 0.1) is 19.1 Å². The minimum absolute atomic E-state index is 0.0374. The van der Waals surface area contributed by atoms with Crippen LogP contribution in [0.2, 0.25) is 0 Å². The summed E-state index contributed by atoms with van der Waals surface area (Å²) in [5.74, 6) is -3.23. The molecule has 0 unspecified atom stereocenters. The smallest absolute Gasteiger partial charge is 0.312 e. The van der Waals surface area contributed by atoms with E-state index < -0.39 is 41.3 Å². The maximum atomic E-state index is 13.1. The zero-order chi connectivity index (χ0) is 26.3. The van der Waals surface area contributed by atoms with Crippen molar-refractivity contribution in [2.45, 2.75) is 12.3 Å². The van der Waals surface area contributed by atoms with Crippen LogP contribution in [0.5, 0.6) is 28.7 Å². The second-order valence-corrected chi connectivity index (χ2v) is 8.38. The number of methoxy groups -OCH3 is 1.